The Morgan fingerprint density at radius 1 is 1.33 bits per heavy atom. The molecule has 0 spiro atoms. The smallest absolute Gasteiger partial charge is 0.259 e. The lowest BCUT2D eigenvalue weighted by molar-refractivity contribution is 0.102. The van der Waals surface area contributed by atoms with E-state index in [1.54, 1.807) is 24.0 Å². The van der Waals surface area contributed by atoms with Crippen molar-refractivity contribution in [1.82, 2.24) is 20.0 Å². The normalized spacial score (nSPS) is 13.7. The molecule has 1 N–H and O–H groups in total. The van der Waals surface area contributed by atoms with Crippen LogP contribution < -0.4 is 5.32 Å². The summed E-state index contributed by atoms with van der Waals surface area (Å²) in [6, 6.07) is 1.92. The van der Waals surface area contributed by atoms with Crippen LogP contribution in [0, 0.1) is 6.92 Å². The third-order valence-electron chi connectivity index (χ3n) is 3.57. The zero-order valence-electron chi connectivity index (χ0n) is 12.6. The van der Waals surface area contributed by atoms with Crippen molar-refractivity contribution in [1.29, 1.82) is 0 Å². The lowest BCUT2D eigenvalue weighted by Gasteiger charge is -2.20. The van der Waals surface area contributed by atoms with Gasteiger partial charge < -0.3 is 5.32 Å². The second-order valence-electron chi connectivity index (χ2n) is 4.85. The molecule has 0 aliphatic rings. The van der Waals surface area contributed by atoms with E-state index in [1.807, 2.05) is 11.6 Å². The van der Waals surface area contributed by atoms with Gasteiger partial charge >= 0.3 is 0 Å². The third kappa shape index (κ3) is 3.41. The van der Waals surface area contributed by atoms with Gasteiger partial charge in [-0.25, -0.2) is 0 Å². The standard InChI is InChI=1S/C14H19N5OS/c1-9(11(3)21-4)19-10(2)13(8-17-19)14(20)18-12-5-6-15-16-7-12/h5-9,11H,1-4H3,(H,15,18,20). The van der Waals surface area contributed by atoms with E-state index in [0.717, 1.165) is 5.69 Å². The van der Waals surface area contributed by atoms with Crippen molar-refractivity contribution in [2.45, 2.75) is 32.1 Å². The molecule has 7 heteroatoms. The van der Waals surface area contributed by atoms with E-state index in [4.69, 9.17) is 0 Å². The zero-order chi connectivity index (χ0) is 15.4. The Balaban J connectivity index is 2.18. The van der Waals surface area contributed by atoms with Crippen molar-refractivity contribution in [3.05, 3.63) is 35.9 Å². The Kier molecular flexibility index (Phi) is 4.95. The van der Waals surface area contributed by atoms with Crippen LogP contribution in [0.3, 0.4) is 0 Å². The number of thioether (sulfide) groups is 1. The fourth-order valence-corrected chi connectivity index (χ4v) is 2.52. The summed E-state index contributed by atoms with van der Waals surface area (Å²) in [5.74, 6) is -0.184. The molecule has 2 aromatic heterocycles. The van der Waals surface area contributed by atoms with Crippen molar-refractivity contribution >= 4 is 23.4 Å². The van der Waals surface area contributed by atoms with Crippen LogP contribution in [0.15, 0.2) is 24.7 Å². The van der Waals surface area contributed by atoms with E-state index >= 15 is 0 Å². The van der Waals surface area contributed by atoms with Crippen LogP contribution in [0.25, 0.3) is 0 Å². The molecule has 2 atom stereocenters. The molecule has 0 fully saturated rings. The summed E-state index contributed by atoms with van der Waals surface area (Å²) < 4.78 is 1.90. The molecule has 1 amide bonds. The molecule has 2 aromatic rings. The first-order valence-electron chi connectivity index (χ1n) is 6.69. The second-order valence-corrected chi connectivity index (χ2v) is 6.07. The maximum absolute atomic E-state index is 12.3. The molecular formula is C14H19N5OS. The first kappa shape index (κ1) is 15.5. The number of rotatable bonds is 5. The van der Waals surface area contributed by atoms with Crippen molar-refractivity contribution < 1.29 is 4.79 Å². The average Bonchev–Trinajstić information content (AvgIpc) is 2.88. The fourth-order valence-electron chi connectivity index (χ4n) is 2.02. The average molecular weight is 305 g/mol. The number of carbonyl (C=O) groups excluding carboxylic acids is 1. The minimum Gasteiger partial charge on any atom is -0.320 e. The SMILES string of the molecule is CSC(C)C(C)n1ncc(C(=O)Nc2ccnnc2)c1C. The molecule has 2 heterocycles. The van der Waals surface area contributed by atoms with Gasteiger partial charge in [0.1, 0.15) is 0 Å². The first-order chi connectivity index (χ1) is 10.0. The summed E-state index contributed by atoms with van der Waals surface area (Å²) in [7, 11) is 0. The Morgan fingerprint density at radius 3 is 2.71 bits per heavy atom. The van der Waals surface area contributed by atoms with Gasteiger partial charge in [0.05, 0.1) is 35.9 Å². The van der Waals surface area contributed by atoms with Crippen LogP contribution in [0.1, 0.15) is 35.9 Å². The number of aromatic nitrogens is 4. The van der Waals surface area contributed by atoms with Gasteiger partial charge in [0.2, 0.25) is 0 Å². The van der Waals surface area contributed by atoms with Gasteiger partial charge in [0.25, 0.3) is 5.91 Å². The summed E-state index contributed by atoms with van der Waals surface area (Å²) in [4.78, 5) is 12.3. The van der Waals surface area contributed by atoms with Crippen molar-refractivity contribution in [2.75, 3.05) is 11.6 Å². The molecule has 0 aromatic carbocycles. The first-order valence-corrected chi connectivity index (χ1v) is 7.98. The van der Waals surface area contributed by atoms with E-state index in [1.165, 1.54) is 12.4 Å². The Morgan fingerprint density at radius 2 is 2.10 bits per heavy atom. The second kappa shape index (κ2) is 6.71. The Labute approximate surface area is 128 Å². The van der Waals surface area contributed by atoms with Gasteiger partial charge in [-0.3, -0.25) is 9.48 Å². The van der Waals surface area contributed by atoms with E-state index in [9.17, 15) is 4.79 Å². The summed E-state index contributed by atoms with van der Waals surface area (Å²) in [6.45, 7) is 6.17. The number of hydrogen-bond donors (Lipinski definition) is 1. The zero-order valence-corrected chi connectivity index (χ0v) is 13.4. The number of nitrogens with one attached hydrogen (secondary N) is 1. The molecule has 6 nitrogen and oxygen atoms in total. The topological polar surface area (TPSA) is 72.7 Å². The number of amides is 1. The van der Waals surface area contributed by atoms with Crippen molar-refractivity contribution in [2.24, 2.45) is 0 Å². The van der Waals surface area contributed by atoms with Crippen molar-refractivity contribution in [3.63, 3.8) is 0 Å². The summed E-state index contributed by atoms with van der Waals surface area (Å²) in [5.41, 5.74) is 2.06. The quantitative estimate of drug-likeness (QED) is 0.919. The lowest BCUT2D eigenvalue weighted by Crippen LogP contribution is -2.19. The number of anilines is 1. The maximum atomic E-state index is 12.3. The molecule has 0 radical (unpaired) electrons. The molecule has 0 saturated carbocycles. The number of carbonyl (C=O) groups is 1. The largest absolute Gasteiger partial charge is 0.320 e. The van der Waals surface area contributed by atoms with Crippen LogP contribution in [-0.4, -0.2) is 37.4 Å². The maximum Gasteiger partial charge on any atom is 0.259 e. The minimum absolute atomic E-state index is 0.184. The van der Waals surface area contributed by atoms with Crippen LogP contribution in [0.5, 0.6) is 0 Å². The van der Waals surface area contributed by atoms with E-state index < -0.39 is 0 Å². The van der Waals surface area contributed by atoms with E-state index in [0.29, 0.717) is 16.5 Å². The third-order valence-corrected chi connectivity index (χ3v) is 4.71. The highest BCUT2D eigenvalue weighted by molar-refractivity contribution is 7.99. The number of hydrogen-bond acceptors (Lipinski definition) is 5. The number of nitrogens with zero attached hydrogens (tertiary/aromatic N) is 4. The summed E-state index contributed by atoms with van der Waals surface area (Å²) in [5, 5.41) is 15.0. The summed E-state index contributed by atoms with van der Waals surface area (Å²) in [6.07, 6.45) is 6.73. The van der Waals surface area contributed by atoms with Crippen molar-refractivity contribution in [3.8, 4) is 0 Å². The van der Waals surface area contributed by atoms with Crippen LogP contribution in [0.4, 0.5) is 5.69 Å². The van der Waals surface area contributed by atoms with Gasteiger partial charge in [-0.2, -0.15) is 27.1 Å². The highest BCUT2D eigenvalue weighted by Gasteiger charge is 2.20. The van der Waals surface area contributed by atoms with E-state index in [2.05, 4.69) is 40.7 Å². The monoisotopic (exact) mass is 305 g/mol. The summed E-state index contributed by atoms with van der Waals surface area (Å²) >= 11 is 1.78. The van der Waals surface area contributed by atoms with Gasteiger partial charge in [-0.1, -0.05) is 6.92 Å². The predicted octanol–water partition coefficient (Wildman–Crippen LogP) is 2.55. The molecule has 0 aliphatic heterocycles. The Bertz CT molecular complexity index is 613. The van der Waals surface area contributed by atoms with Crippen LogP contribution in [0.2, 0.25) is 0 Å². The molecule has 0 aliphatic carbocycles. The molecule has 0 saturated heterocycles. The minimum atomic E-state index is -0.184. The molecule has 21 heavy (non-hydrogen) atoms. The van der Waals surface area contributed by atoms with Crippen LogP contribution >= 0.6 is 11.8 Å². The molecule has 2 rings (SSSR count). The predicted molar refractivity (Wildman–Crippen MR) is 84.6 cm³/mol. The fraction of sp³-hybridized carbons (Fsp3) is 0.429. The Hall–Kier alpha value is -1.89. The molecule has 112 valence electrons. The van der Waals surface area contributed by atoms with Gasteiger partial charge in [-0.15, -0.1) is 0 Å². The van der Waals surface area contributed by atoms with Gasteiger partial charge in [0, 0.05) is 10.9 Å². The highest BCUT2D eigenvalue weighted by Crippen LogP contribution is 2.23. The van der Waals surface area contributed by atoms with E-state index in [-0.39, 0.29) is 11.9 Å². The lowest BCUT2D eigenvalue weighted by atomic mass is 10.2. The van der Waals surface area contributed by atoms with Gasteiger partial charge in [0.15, 0.2) is 0 Å². The molecule has 2 unspecified atom stereocenters. The highest BCUT2D eigenvalue weighted by atomic mass is 32.2. The van der Waals surface area contributed by atoms with Crippen LogP contribution in [-0.2, 0) is 0 Å². The van der Waals surface area contributed by atoms with Gasteiger partial charge in [-0.05, 0) is 26.2 Å². The molecular weight excluding hydrogens is 286 g/mol. The molecule has 0 bridgehead atoms.